The molecule has 10 heteroatoms. The normalized spacial score (nSPS) is 11.7. The maximum Gasteiger partial charge on any atom is 0.269 e. The van der Waals surface area contributed by atoms with E-state index in [-0.39, 0.29) is 27.7 Å². The van der Waals surface area contributed by atoms with Crippen molar-refractivity contribution in [1.29, 1.82) is 5.26 Å². The predicted octanol–water partition coefficient (Wildman–Crippen LogP) is 3.35. The Bertz CT molecular complexity index is 1420. The number of aliphatic hydroxyl groups excluding tert-OH is 1. The third-order valence-corrected chi connectivity index (χ3v) is 7.00. The maximum absolute atomic E-state index is 13.6. The highest BCUT2D eigenvalue weighted by Gasteiger charge is 2.27. The molecule has 1 aromatic carbocycles. The SMILES string of the molecule is Cc1ccc(S(=O)(=O)n2c(-c3cnn(CCCO)c3)cc3c(Cl)c(C#N)cnc32)cc1. The van der Waals surface area contributed by atoms with Crippen LogP contribution in [0.4, 0.5) is 0 Å². The molecule has 0 aliphatic heterocycles. The average Bonchev–Trinajstić information content (AvgIpc) is 3.38. The molecule has 0 spiro atoms. The second-order valence-electron chi connectivity index (χ2n) is 7.02. The van der Waals surface area contributed by atoms with Crippen LogP contribution in [0.3, 0.4) is 0 Å². The molecular formula is C21H18ClN5O3S. The Balaban J connectivity index is 1.99. The summed E-state index contributed by atoms with van der Waals surface area (Å²) < 4.78 is 30.0. The van der Waals surface area contributed by atoms with Crippen molar-refractivity contribution in [3.63, 3.8) is 0 Å². The first-order valence-electron chi connectivity index (χ1n) is 9.43. The summed E-state index contributed by atoms with van der Waals surface area (Å²) in [5.74, 6) is 0. The Labute approximate surface area is 184 Å². The van der Waals surface area contributed by atoms with E-state index in [4.69, 9.17) is 16.7 Å². The molecule has 0 amide bonds. The van der Waals surface area contributed by atoms with Crippen molar-refractivity contribution >= 4 is 32.7 Å². The summed E-state index contributed by atoms with van der Waals surface area (Å²) in [6, 6.07) is 10.1. The van der Waals surface area contributed by atoms with Crippen LogP contribution in [0.2, 0.25) is 5.02 Å². The molecule has 0 saturated heterocycles. The van der Waals surface area contributed by atoms with Crippen molar-refractivity contribution in [3.05, 3.63) is 65.1 Å². The molecule has 31 heavy (non-hydrogen) atoms. The predicted molar refractivity (Wildman–Crippen MR) is 116 cm³/mol. The first-order valence-corrected chi connectivity index (χ1v) is 11.2. The van der Waals surface area contributed by atoms with Gasteiger partial charge in [-0.1, -0.05) is 29.3 Å². The van der Waals surface area contributed by atoms with Gasteiger partial charge in [0.15, 0.2) is 5.65 Å². The van der Waals surface area contributed by atoms with E-state index < -0.39 is 10.0 Å². The molecule has 8 nitrogen and oxygen atoms in total. The summed E-state index contributed by atoms with van der Waals surface area (Å²) in [4.78, 5) is 4.34. The van der Waals surface area contributed by atoms with Gasteiger partial charge >= 0.3 is 0 Å². The first kappa shape index (κ1) is 21.1. The highest BCUT2D eigenvalue weighted by atomic mass is 35.5. The molecule has 158 valence electrons. The van der Waals surface area contributed by atoms with Crippen LogP contribution in [0.25, 0.3) is 22.3 Å². The Kier molecular flexibility index (Phi) is 5.54. The lowest BCUT2D eigenvalue weighted by Gasteiger charge is -2.11. The fourth-order valence-corrected chi connectivity index (χ4v) is 4.99. The zero-order valence-electron chi connectivity index (χ0n) is 16.5. The molecule has 0 unspecified atom stereocenters. The van der Waals surface area contributed by atoms with Crippen LogP contribution < -0.4 is 0 Å². The lowest BCUT2D eigenvalue weighted by Crippen LogP contribution is -2.14. The van der Waals surface area contributed by atoms with E-state index in [1.165, 1.54) is 18.3 Å². The number of nitrogens with zero attached hydrogens (tertiary/aromatic N) is 5. The number of benzene rings is 1. The number of nitriles is 1. The summed E-state index contributed by atoms with van der Waals surface area (Å²) in [5.41, 5.74) is 2.09. The second-order valence-corrected chi connectivity index (χ2v) is 9.18. The standard InChI is InChI=1S/C21H18ClN5O3S/c1-14-3-5-17(6-4-14)31(29,30)27-19(16-12-25-26(13-16)7-2-8-28)9-18-20(22)15(10-23)11-24-21(18)27/h3-6,9,11-13,28H,2,7-8H2,1H3. The maximum atomic E-state index is 13.6. The molecule has 3 heterocycles. The number of fused-ring (bicyclic) bond motifs is 1. The molecule has 0 fully saturated rings. The molecule has 0 radical (unpaired) electrons. The van der Waals surface area contributed by atoms with E-state index in [0.29, 0.717) is 29.6 Å². The minimum absolute atomic E-state index is 0.0216. The molecule has 0 aliphatic carbocycles. The zero-order valence-corrected chi connectivity index (χ0v) is 18.1. The quantitative estimate of drug-likeness (QED) is 0.477. The summed E-state index contributed by atoms with van der Waals surface area (Å²) in [6.45, 7) is 2.38. The monoisotopic (exact) mass is 455 g/mol. The number of hydrogen-bond acceptors (Lipinski definition) is 6. The lowest BCUT2D eigenvalue weighted by molar-refractivity contribution is 0.277. The van der Waals surface area contributed by atoms with Crippen molar-refractivity contribution in [2.24, 2.45) is 0 Å². The number of aryl methyl sites for hydroxylation is 2. The fraction of sp³-hybridized carbons (Fsp3) is 0.190. The third-order valence-electron chi connectivity index (χ3n) is 4.88. The molecule has 0 bridgehead atoms. The summed E-state index contributed by atoms with van der Waals surface area (Å²) in [6.07, 6.45) is 5.03. The largest absolute Gasteiger partial charge is 0.396 e. The van der Waals surface area contributed by atoms with E-state index in [9.17, 15) is 13.7 Å². The Morgan fingerprint density at radius 3 is 2.65 bits per heavy atom. The van der Waals surface area contributed by atoms with Gasteiger partial charge in [0.2, 0.25) is 0 Å². The van der Waals surface area contributed by atoms with Crippen LogP contribution in [-0.2, 0) is 16.6 Å². The number of aromatic nitrogens is 4. The number of hydrogen-bond donors (Lipinski definition) is 1. The van der Waals surface area contributed by atoms with Gasteiger partial charge in [0.1, 0.15) is 6.07 Å². The van der Waals surface area contributed by atoms with Gasteiger partial charge in [0, 0.05) is 36.5 Å². The van der Waals surface area contributed by atoms with Gasteiger partial charge in [-0.15, -0.1) is 0 Å². The van der Waals surface area contributed by atoms with E-state index in [2.05, 4.69) is 10.1 Å². The summed E-state index contributed by atoms with van der Waals surface area (Å²) in [7, 11) is -4.03. The van der Waals surface area contributed by atoms with E-state index in [1.54, 1.807) is 35.3 Å². The topological polar surface area (TPSA) is 114 Å². The molecule has 4 rings (SSSR count). The smallest absolute Gasteiger partial charge is 0.269 e. The molecule has 0 aliphatic rings. The summed E-state index contributed by atoms with van der Waals surface area (Å²) in [5, 5.41) is 23.1. The Hall–Kier alpha value is -3.19. The van der Waals surface area contributed by atoms with Crippen LogP contribution in [0.5, 0.6) is 0 Å². The zero-order chi connectivity index (χ0) is 22.2. The molecule has 4 aromatic rings. The van der Waals surface area contributed by atoms with E-state index in [1.807, 2.05) is 13.0 Å². The van der Waals surface area contributed by atoms with Gasteiger partial charge in [0.25, 0.3) is 10.0 Å². The first-order chi connectivity index (χ1) is 14.9. The van der Waals surface area contributed by atoms with Crippen molar-refractivity contribution in [3.8, 4) is 17.3 Å². The van der Waals surface area contributed by atoms with E-state index in [0.717, 1.165) is 9.54 Å². The van der Waals surface area contributed by atoms with Crippen LogP contribution in [-0.4, -0.2) is 38.9 Å². The molecular weight excluding hydrogens is 438 g/mol. The highest BCUT2D eigenvalue weighted by molar-refractivity contribution is 7.90. The number of halogens is 1. The van der Waals surface area contributed by atoms with Crippen molar-refractivity contribution in [1.82, 2.24) is 18.7 Å². The van der Waals surface area contributed by atoms with Gasteiger partial charge < -0.3 is 5.11 Å². The van der Waals surface area contributed by atoms with Crippen molar-refractivity contribution in [2.75, 3.05) is 6.61 Å². The minimum Gasteiger partial charge on any atom is -0.396 e. The van der Waals surface area contributed by atoms with Crippen LogP contribution in [0.1, 0.15) is 17.5 Å². The minimum atomic E-state index is -4.03. The lowest BCUT2D eigenvalue weighted by atomic mass is 10.2. The highest BCUT2D eigenvalue weighted by Crippen LogP contribution is 2.35. The van der Waals surface area contributed by atoms with Gasteiger partial charge in [-0.2, -0.15) is 10.4 Å². The van der Waals surface area contributed by atoms with Gasteiger partial charge in [-0.05, 0) is 31.5 Å². The van der Waals surface area contributed by atoms with E-state index >= 15 is 0 Å². The van der Waals surface area contributed by atoms with Gasteiger partial charge in [0.05, 0.1) is 27.4 Å². The van der Waals surface area contributed by atoms with Gasteiger partial charge in [-0.3, -0.25) is 4.68 Å². The van der Waals surface area contributed by atoms with Crippen LogP contribution >= 0.6 is 11.6 Å². The molecule has 0 saturated carbocycles. The average molecular weight is 456 g/mol. The Morgan fingerprint density at radius 1 is 1.23 bits per heavy atom. The van der Waals surface area contributed by atoms with Crippen molar-refractivity contribution < 1.29 is 13.5 Å². The summed E-state index contributed by atoms with van der Waals surface area (Å²) >= 11 is 6.39. The number of pyridine rings is 1. The van der Waals surface area contributed by atoms with Crippen molar-refractivity contribution in [2.45, 2.75) is 24.8 Å². The number of rotatable bonds is 6. The second kappa shape index (κ2) is 8.15. The molecule has 3 aromatic heterocycles. The van der Waals surface area contributed by atoms with Gasteiger partial charge in [-0.25, -0.2) is 17.4 Å². The Morgan fingerprint density at radius 2 is 1.97 bits per heavy atom. The fourth-order valence-electron chi connectivity index (χ4n) is 3.28. The number of aliphatic hydroxyl groups is 1. The molecule has 1 N–H and O–H groups in total. The van der Waals surface area contributed by atoms with Crippen LogP contribution in [0, 0.1) is 18.3 Å². The third kappa shape index (κ3) is 3.70. The molecule has 0 atom stereocenters. The van der Waals surface area contributed by atoms with Crippen LogP contribution in [0.15, 0.2) is 53.8 Å².